The van der Waals surface area contributed by atoms with Crippen LogP contribution in [-0.4, -0.2) is 32.3 Å². The van der Waals surface area contributed by atoms with Crippen LogP contribution in [0.25, 0.3) is 5.69 Å². The zero-order valence-electron chi connectivity index (χ0n) is 13.2. The zero-order chi connectivity index (χ0) is 16.8. The van der Waals surface area contributed by atoms with Gasteiger partial charge in [0.25, 0.3) is 0 Å². The molecule has 0 saturated heterocycles. The van der Waals surface area contributed by atoms with Crippen molar-refractivity contribution in [2.45, 2.75) is 19.4 Å². The van der Waals surface area contributed by atoms with Crippen molar-refractivity contribution >= 4 is 17.4 Å². The molecule has 3 aromatic rings. The molecule has 124 valence electrons. The summed E-state index contributed by atoms with van der Waals surface area (Å²) in [6, 6.07) is 7.60. The molecule has 7 nitrogen and oxygen atoms in total. The normalized spacial score (nSPS) is 11.9. The Hall–Kier alpha value is -2.74. The molecule has 0 aliphatic rings. The summed E-state index contributed by atoms with van der Waals surface area (Å²) in [5.41, 5.74) is 1.94. The lowest BCUT2D eigenvalue weighted by Crippen LogP contribution is -2.37. The highest BCUT2D eigenvalue weighted by atomic mass is 32.1. The van der Waals surface area contributed by atoms with Gasteiger partial charge < -0.3 is 10.6 Å². The van der Waals surface area contributed by atoms with Crippen LogP contribution in [0.2, 0.25) is 0 Å². The Morgan fingerprint density at radius 3 is 2.79 bits per heavy atom. The summed E-state index contributed by atoms with van der Waals surface area (Å²) in [5, 5.41) is 12.8. The van der Waals surface area contributed by atoms with Gasteiger partial charge in [-0.05, 0) is 17.7 Å². The number of hydrogen-bond donors (Lipinski definition) is 2. The molecule has 0 radical (unpaired) electrons. The fourth-order valence-corrected chi connectivity index (χ4v) is 2.86. The fraction of sp³-hybridized carbons (Fsp3) is 0.250. The van der Waals surface area contributed by atoms with Gasteiger partial charge >= 0.3 is 6.03 Å². The minimum atomic E-state index is -0.182. The molecule has 0 fully saturated rings. The van der Waals surface area contributed by atoms with E-state index in [9.17, 15) is 4.79 Å². The second kappa shape index (κ2) is 7.69. The van der Waals surface area contributed by atoms with E-state index in [0.717, 1.165) is 16.3 Å². The van der Waals surface area contributed by atoms with Crippen LogP contribution < -0.4 is 10.6 Å². The van der Waals surface area contributed by atoms with Crippen molar-refractivity contribution in [2.24, 2.45) is 0 Å². The lowest BCUT2D eigenvalue weighted by Gasteiger charge is -2.11. The van der Waals surface area contributed by atoms with Crippen LogP contribution in [0, 0.1) is 0 Å². The number of hydrogen-bond acceptors (Lipinski definition) is 5. The third kappa shape index (κ3) is 4.17. The molecule has 3 rings (SSSR count). The fourth-order valence-electron chi connectivity index (χ4n) is 2.16. The smallest absolute Gasteiger partial charge is 0.315 e. The number of nitrogens with zero attached hydrogens (tertiary/aromatic N) is 4. The molecule has 2 heterocycles. The van der Waals surface area contributed by atoms with Crippen molar-refractivity contribution in [3.8, 4) is 5.69 Å². The van der Waals surface area contributed by atoms with Gasteiger partial charge in [0.05, 0.1) is 10.7 Å². The van der Waals surface area contributed by atoms with Gasteiger partial charge in [-0.15, -0.1) is 11.3 Å². The first kappa shape index (κ1) is 16.1. The first-order chi connectivity index (χ1) is 11.7. The van der Waals surface area contributed by atoms with Gasteiger partial charge in [-0.3, -0.25) is 0 Å². The molecular formula is C16H18N6OS. The van der Waals surface area contributed by atoms with Gasteiger partial charge in [-0.25, -0.2) is 19.4 Å². The van der Waals surface area contributed by atoms with Crippen molar-refractivity contribution in [1.29, 1.82) is 0 Å². The highest BCUT2D eigenvalue weighted by molar-refractivity contribution is 7.09. The monoisotopic (exact) mass is 342 g/mol. The third-order valence-corrected chi connectivity index (χ3v) is 4.52. The molecule has 1 aromatic carbocycles. The number of thiazole rings is 1. The summed E-state index contributed by atoms with van der Waals surface area (Å²) in [7, 11) is 0. The predicted molar refractivity (Wildman–Crippen MR) is 92.1 cm³/mol. The number of carbonyl (C=O) groups excluding carboxylic acids is 1. The number of aromatic nitrogens is 4. The lowest BCUT2D eigenvalue weighted by atomic mass is 10.2. The molecule has 0 aliphatic heterocycles. The van der Waals surface area contributed by atoms with Crippen molar-refractivity contribution < 1.29 is 4.79 Å². The van der Waals surface area contributed by atoms with Crippen molar-refractivity contribution in [1.82, 2.24) is 30.4 Å². The maximum Gasteiger partial charge on any atom is 0.315 e. The first-order valence-corrected chi connectivity index (χ1v) is 8.45. The second-order valence-corrected chi connectivity index (χ2v) is 6.27. The van der Waals surface area contributed by atoms with Crippen LogP contribution in [0.5, 0.6) is 0 Å². The van der Waals surface area contributed by atoms with E-state index in [2.05, 4.69) is 25.7 Å². The summed E-state index contributed by atoms with van der Waals surface area (Å²) >= 11 is 1.60. The Morgan fingerprint density at radius 1 is 1.29 bits per heavy atom. The zero-order valence-corrected chi connectivity index (χ0v) is 14.0. The summed E-state index contributed by atoms with van der Waals surface area (Å²) in [4.78, 5) is 20.1. The molecule has 0 aliphatic carbocycles. The molecule has 2 N–H and O–H groups in total. The molecule has 0 saturated carbocycles. The largest absolute Gasteiger partial charge is 0.337 e. The number of amides is 2. The molecule has 0 bridgehead atoms. The lowest BCUT2D eigenvalue weighted by molar-refractivity contribution is 0.240. The highest BCUT2D eigenvalue weighted by Crippen LogP contribution is 2.16. The standard InChI is InChI=1S/C16H18N6OS/c1-12(15-18-6-7-24-15)8-19-16(23)20-9-13-2-4-14(5-3-13)22-11-17-10-21-22/h2-7,10-12H,8-9H2,1H3,(H2,19,20,23)/t12-/m1/s1. The van der Waals surface area contributed by atoms with Crippen LogP contribution in [-0.2, 0) is 6.54 Å². The van der Waals surface area contributed by atoms with Gasteiger partial charge in [0.1, 0.15) is 12.7 Å². The van der Waals surface area contributed by atoms with E-state index in [0.29, 0.717) is 13.1 Å². The SMILES string of the molecule is C[C@H](CNC(=O)NCc1ccc(-n2cncn2)cc1)c1nccs1. The Kier molecular flexibility index (Phi) is 5.17. The van der Waals surface area contributed by atoms with Crippen LogP contribution >= 0.6 is 11.3 Å². The Labute approximate surface area is 143 Å². The van der Waals surface area contributed by atoms with Gasteiger partial charge in [-0.1, -0.05) is 19.1 Å². The maximum absolute atomic E-state index is 11.9. The summed E-state index contributed by atoms with van der Waals surface area (Å²) < 4.78 is 1.68. The Morgan fingerprint density at radius 2 is 2.12 bits per heavy atom. The molecule has 24 heavy (non-hydrogen) atoms. The van der Waals surface area contributed by atoms with E-state index >= 15 is 0 Å². The van der Waals surface area contributed by atoms with Crippen LogP contribution in [0.15, 0.2) is 48.5 Å². The third-order valence-electron chi connectivity index (χ3n) is 3.51. The number of rotatable bonds is 6. The summed E-state index contributed by atoms with van der Waals surface area (Å²) in [6.45, 7) is 3.07. The van der Waals surface area contributed by atoms with Crippen LogP contribution in [0.4, 0.5) is 4.79 Å². The minimum Gasteiger partial charge on any atom is -0.337 e. The van der Waals surface area contributed by atoms with E-state index in [-0.39, 0.29) is 11.9 Å². The van der Waals surface area contributed by atoms with E-state index in [1.807, 2.05) is 36.6 Å². The maximum atomic E-state index is 11.9. The molecule has 2 amide bonds. The van der Waals surface area contributed by atoms with Gasteiger partial charge in [-0.2, -0.15) is 5.10 Å². The number of urea groups is 1. The number of nitrogens with one attached hydrogen (secondary N) is 2. The Bertz CT molecular complexity index is 754. The van der Waals surface area contributed by atoms with Crippen LogP contribution in [0.3, 0.4) is 0 Å². The molecule has 1 atom stereocenters. The molecule has 0 unspecified atom stereocenters. The van der Waals surface area contributed by atoms with E-state index < -0.39 is 0 Å². The molecule has 8 heteroatoms. The molecular weight excluding hydrogens is 324 g/mol. The highest BCUT2D eigenvalue weighted by Gasteiger charge is 2.09. The second-order valence-electron chi connectivity index (χ2n) is 5.34. The van der Waals surface area contributed by atoms with Gasteiger partial charge in [0.15, 0.2) is 0 Å². The van der Waals surface area contributed by atoms with Crippen molar-refractivity contribution in [3.05, 3.63) is 59.1 Å². The summed E-state index contributed by atoms with van der Waals surface area (Å²) in [5.74, 6) is 0.206. The van der Waals surface area contributed by atoms with Crippen molar-refractivity contribution in [3.63, 3.8) is 0 Å². The van der Waals surface area contributed by atoms with Crippen molar-refractivity contribution in [2.75, 3.05) is 6.54 Å². The van der Waals surface area contributed by atoms with E-state index in [4.69, 9.17) is 0 Å². The van der Waals surface area contributed by atoms with Gasteiger partial charge in [0.2, 0.25) is 0 Å². The molecule has 2 aromatic heterocycles. The topological polar surface area (TPSA) is 84.7 Å². The van der Waals surface area contributed by atoms with E-state index in [1.54, 1.807) is 28.5 Å². The summed E-state index contributed by atoms with van der Waals surface area (Å²) in [6.07, 6.45) is 4.91. The quantitative estimate of drug-likeness (QED) is 0.720. The average molecular weight is 342 g/mol. The minimum absolute atomic E-state index is 0.182. The number of carbonyl (C=O) groups is 1. The Balaban J connectivity index is 1.44. The van der Waals surface area contributed by atoms with E-state index in [1.165, 1.54) is 6.33 Å². The first-order valence-electron chi connectivity index (χ1n) is 7.57. The average Bonchev–Trinajstić information content (AvgIpc) is 3.31. The van der Waals surface area contributed by atoms with Gasteiger partial charge in [0, 0.05) is 30.6 Å². The predicted octanol–water partition coefficient (Wildman–Crippen LogP) is 2.33. The molecule has 0 spiro atoms. The van der Waals surface area contributed by atoms with Crippen LogP contribution in [0.1, 0.15) is 23.4 Å². The number of benzene rings is 1.